The molecule has 72 valence electrons. The predicted octanol–water partition coefficient (Wildman–Crippen LogP) is 0.0991. The summed E-state index contributed by atoms with van der Waals surface area (Å²) in [6.07, 6.45) is 3.06. The summed E-state index contributed by atoms with van der Waals surface area (Å²) in [5.41, 5.74) is 5.37. The second-order valence-electron chi connectivity index (χ2n) is 3.00. The third-order valence-electron chi connectivity index (χ3n) is 1.62. The van der Waals surface area contributed by atoms with E-state index in [9.17, 15) is 0 Å². The molecule has 0 aliphatic heterocycles. The predicted molar refractivity (Wildman–Crippen MR) is 51.2 cm³/mol. The van der Waals surface area contributed by atoms with Gasteiger partial charge >= 0.3 is 0 Å². The number of nitrogen functional groups attached to an aromatic ring is 1. The molecule has 0 amide bonds. The molecule has 0 fully saturated rings. The fourth-order valence-corrected chi connectivity index (χ4v) is 0.773. The van der Waals surface area contributed by atoms with Crippen LogP contribution in [0.25, 0.3) is 0 Å². The van der Waals surface area contributed by atoms with Crippen LogP contribution in [0.2, 0.25) is 0 Å². The Kier molecular flexibility index (Phi) is 3.45. The van der Waals surface area contributed by atoms with Crippen LogP contribution in [-0.2, 0) is 0 Å². The lowest BCUT2D eigenvalue weighted by atomic mass is 10.2. The SMILES string of the molecule is CC(CO)CNc1cnc(N)cn1. The molecule has 0 saturated heterocycles. The quantitative estimate of drug-likeness (QED) is 0.615. The number of hydrogen-bond donors (Lipinski definition) is 3. The zero-order valence-electron chi connectivity index (χ0n) is 7.57. The van der Waals surface area contributed by atoms with Crippen molar-refractivity contribution < 1.29 is 5.11 Å². The van der Waals surface area contributed by atoms with E-state index in [1.807, 2.05) is 6.92 Å². The molecule has 0 radical (unpaired) electrons. The largest absolute Gasteiger partial charge is 0.396 e. The molecule has 0 saturated carbocycles. The molecule has 1 rings (SSSR count). The smallest absolute Gasteiger partial charge is 0.144 e. The molecule has 5 nitrogen and oxygen atoms in total. The van der Waals surface area contributed by atoms with Crippen molar-refractivity contribution in [1.82, 2.24) is 9.97 Å². The monoisotopic (exact) mass is 182 g/mol. The van der Waals surface area contributed by atoms with Crippen LogP contribution in [0.5, 0.6) is 0 Å². The van der Waals surface area contributed by atoms with Crippen molar-refractivity contribution in [3.63, 3.8) is 0 Å². The summed E-state index contributed by atoms with van der Waals surface area (Å²) in [6.45, 7) is 2.78. The van der Waals surface area contributed by atoms with Gasteiger partial charge in [-0.05, 0) is 5.92 Å². The van der Waals surface area contributed by atoms with E-state index in [2.05, 4.69) is 15.3 Å². The van der Waals surface area contributed by atoms with Crippen LogP contribution >= 0.6 is 0 Å². The highest BCUT2D eigenvalue weighted by Crippen LogP contribution is 2.02. The molecule has 0 aliphatic carbocycles. The van der Waals surface area contributed by atoms with Crippen molar-refractivity contribution in [3.8, 4) is 0 Å². The molecule has 1 heterocycles. The number of aliphatic hydroxyl groups excluding tert-OH is 1. The summed E-state index contributed by atoms with van der Waals surface area (Å²) < 4.78 is 0. The number of aromatic nitrogens is 2. The first-order valence-electron chi connectivity index (χ1n) is 4.14. The van der Waals surface area contributed by atoms with Crippen molar-refractivity contribution >= 4 is 11.6 Å². The zero-order valence-corrected chi connectivity index (χ0v) is 7.57. The Morgan fingerprint density at radius 2 is 2.31 bits per heavy atom. The van der Waals surface area contributed by atoms with Gasteiger partial charge in [-0.3, -0.25) is 0 Å². The molecule has 0 bridgehead atoms. The minimum absolute atomic E-state index is 0.162. The Bertz CT molecular complexity index is 249. The second kappa shape index (κ2) is 4.61. The van der Waals surface area contributed by atoms with Crippen LogP contribution < -0.4 is 11.1 Å². The maximum Gasteiger partial charge on any atom is 0.144 e. The van der Waals surface area contributed by atoms with Gasteiger partial charge < -0.3 is 16.2 Å². The van der Waals surface area contributed by atoms with E-state index in [4.69, 9.17) is 10.8 Å². The fraction of sp³-hybridized carbons (Fsp3) is 0.500. The molecule has 1 aromatic rings. The van der Waals surface area contributed by atoms with Gasteiger partial charge in [-0.2, -0.15) is 0 Å². The van der Waals surface area contributed by atoms with Crippen molar-refractivity contribution in [3.05, 3.63) is 12.4 Å². The van der Waals surface area contributed by atoms with E-state index in [-0.39, 0.29) is 12.5 Å². The number of nitrogens with two attached hydrogens (primary N) is 1. The lowest BCUT2D eigenvalue weighted by Crippen LogP contribution is -2.15. The molecular formula is C8H14N4O. The molecule has 13 heavy (non-hydrogen) atoms. The Labute approximate surface area is 77.0 Å². The molecule has 0 aromatic carbocycles. The lowest BCUT2D eigenvalue weighted by molar-refractivity contribution is 0.244. The zero-order chi connectivity index (χ0) is 9.68. The van der Waals surface area contributed by atoms with Crippen LogP contribution in [0.4, 0.5) is 11.6 Å². The number of nitrogens with one attached hydrogen (secondary N) is 1. The van der Waals surface area contributed by atoms with Gasteiger partial charge in [0.1, 0.15) is 11.6 Å². The van der Waals surface area contributed by atoms with Gasteiger partial charge in [-0.1, -0.05) is 6.92 Å². The number of nitrogens with zero attached hydrogens (tertiary/aromatic N) is 2. The van der Waals surface area contributed by atoms with Gasteiger partial charge in [0.2, 0.25) is 0 Å². The number of hydrogen-bond acceptors (Lipinski definition) is 5. The summed E-state index contributed by atoms with van der Waals surface area (Å²) in [5.74, 6) is 1.29. The second-order valence-corrected chi connectivity index (χ2v) is 3.00. The van der Waals surface area contributed by atoms with Crippen LogP contribution in [-0.4, -0.2) is 28.2 Å². The van der Waals surface area contributed by atoms with Gasteiger partial charge in [0, 0.05) is 13.2 Å². The first-order chi connectivity index (χ1) is 6.22. The van der Waals surface area contributed by atoms with Gasteiger partial charge in [0.25, 0.3) is 0 Å². The summed E-state index contributed by atoms with van der Waals surface area (Å²) in [6, 6.07) is 0. The van der Waals surface area contributed by atoms with Crippen LogP contribution in [0.3, 0.4) is 0 Å². The molecule has 1 unspecified atom stereocenters. The fourth-order valence-electron chi connectivity index (χ4n) is 0.773. The minimum atomic E-state index is 0.162. The van der Waals surface area contributed by atoms with Gasteiger partial charge in [0.05, 0.1) is 12.4 Å². The van der Waals surface area contributed by atoms with E-state index in [1.54, 1.807) is 6.20 Å². The van der Waals surface area contributed by atoms with Gasteiger partial charge in [-0.25, -0.2) is 9.97 Å². The molecule has 5 heteroatoms. The van der Waals surface area contributed by atoms with Gasteiger partial charge in [-0.15, -0.1) is 0 Å². The first kappa shape index (κ1) is 9.73. The van der Waals surface area contributed by atoms with Gasteiger partial charge in [0.15, 0.2) is 0 Å². The van der Waals surface area contributed by atoms with Crippen LogP contribution in [0.1, 0.15) is 6.92 Å². The highest BCUT2D eigenvalue weighted by Gasteiger charge is 1.99. The standard InChI is InChI=1S/C8H14N4O/c1-6(5-13)2-11-8-4-10-7(9)3-12-8/h3-4,6,13H,2,5H2,1H3,(H2,9,10)(H,11,12). The normalized spacial score (nSPS) is 12.5. The molecule has 0 aliphatic rings. The summed E-state index contributed by atoms with van der Waals surface area (Å²) >= 11 is 0. The molecule has 1 atom stereocenters. The van der Waals surface area contributed by atoms with Crippen molar-refractivity contribution in [2.75, 3.05) is 24.2 Å². The maximum absolute atomic E-state index is 8.76. The maximum atomic E-state index is 8.76. The van der Waals surface area contributed by atoms with E-state index in [0.717, 1.165) is 0 Å². The molecule has 4 N–H and O–H groups in total. The van der Waals surface area contributed by atoms with Crippen molar-refractivity contribution in [2.24, 2.45) is 5.92 Å². The Balaban J connectivity index is 2.41. The summed E-state index contributed by atoms with van der Waals surface area (Å²) in [5, 5.41) is 11.8. The van der Waals surface area contributed by atoms with E-state index < -0.39 is 0 Å². The van der Waals surface area contributed by atoms with E-state index >= 15 is 0 Å². The van der Waals surface area contributed by atoms with Crippen LogP contribution in [0, 0.1) is 5.92 Å². The summed E-state index contributed by atoms with van der Waals surface area (Å²) in [7, 11) is 0. The highest BCUT2D eigenvalue weighted by molar-refractivity contribution is 5.35. The minimum Gasteiger partial charge on any atom is -0.396 e. The average molecular weight is 182 g/mol. The van der Waals surface area contributed by atoms with Crippen LogP contribution in [0.15, 0.2) is 12.4 Å². The number of rotatable bonds is 4. The molecule has 0 spiro atoms. The Hall–Kier alpha value is -1.36. The third kappa shape index (κ3) is 3.25. The third-order valence-corrected chi connectivity index (χ3v) is 1.62. The topological polar surface area (TPSA) is 84.1 Å². The number of aliphatic hydroxyl groups is 1. The number of anilines is 2. The first-order valence-corrected chi connectivity index (χ1v) is 4.14. The van der Waals surface area contributed by atoms with Crippen molar-refractivity contribution in [2.45, 2.75) is 6.92 Å². The Morgan fingerprint density at radius 1 is 1.54 bits per heavy atom. The van der Waals surface area contributed by atoms with Crippen molar-refractivity contribution in [1.29, 1.82) is 0 Å². The lowest BCUT2D eigenvalue weighted by Gasteiger charge is -2.09. The van der Waals surface area contributed by atoms with E-state index in [1.165, 1.54) is 6.20 Å². The average Bonchev–Trinajstić information content (AvgIpc) is 2.16. The summed E-state index contributed by atoms with van der Waals surface area (Å²) in [4.78, 5) is 7.88. The Morgan fingerprint density at radius 3 is 2.85 bits per heavy atom. The molecule has 1 aromatic heterocycles. The van der Waals surface area contributed by atoms with E-state index in [0.29, 0.717) is 18.2 Å². The highest BCUT2D eigenvalue weighted by atomic mass is 16.3. The molecular weight excluding hydrogens is 168 g/mol.